The lowest BCUT2D eigenvalue weighted by Gasteiger charge is -2.17. The van der Waals surface area contributed by atoms with Gasteiger partial charge in [0, 0.05) is 13.6 Å². The molecule has 6 nitrogen and oxygen atoms in total. The van der Waals surface area contributed by atoms with E-state index in [-0.39, 0.29) is 25.7 Å². The van der Waals surface area contributed by atoms with Crippen LogP contribution in [0.15, 0.2) is 54.6 Å². The highest BCUT2D eigenvalue weighted by atomic mass is 32.1. The maximum atomic E-state index is 12.0. The Kier molecular flexibility index (Phi) is 6.51. The zero-order chi connectivity index (χ0) is 19.1. The van der Waals surface area contributed by atoms with E-state index in [9.17, 15) is 9.59 Å². The maximum absolute atomic E-state index is 12.0. The fourth-order valence-electron chi connectivity index (χ4n) is 2.44. The molecule has 0 spiro atoms. The van der Waals surface area contributed by atoms with Crippen LogP contribution in [0.1, 0.15) is 10.6 Å². The number of aromatic nitrogens is 1. The van der Waals surface area contributed by atoms with Crippen molar-refractivity contribution >= 4 is 33.4 Å². The van der Waals surface area contributed by atoms with Crippen molar-refractivity contribution in [1.29, 1.82) is 0 Å². The number of hydrogen-bond donors (Lipinski definition) is 0. The number of hydrogen-bond acceptors (Lipinski definition) is 6. The van der Waals surface area contributed by atoms with Crippen LogP contribution in [0.2, 0.25) is 0 Å². The van der Waals surface area contributed by atoms with Gasteiger partial charge >= 0.3 is 5.97 Å². The molecule has 1 aromatic heterocycles. The van der Waals surface area contributed by atoms with Gasteiger partial charge in [0.05, 0.1) is 16.8 Å². The van der Waals surface area contributed by atoms with Crippen molar-refractivity contribution in [2.75, 3.05) is 20.3 Å². The van der Waals surface area contributed by atoms with Gasteiger partial charge in [-0.3, -0.25) is 4.79 Å². The minimum absolute atomic E-state index is 0.217. The van der Waals surface area contributed by atoms with Crippen LogP contribution in [0.5, 0.6) is 0 Å². The van der Waals surface area contributed by atoms with Gasteiger partial charge in [0.2, 0.25) is 0 Å². The van der Waals surface area contributed by atoms with Gasteiger partial charge in [0.1, 0.15) is 11.6 Å². The molecule has 3 rings (SSSR count). The minimum Gasteiger partial charge on any atom is -0.454 e. The predicted octanol–water partition coefficient (Wildman–Crippen LogP) is 3.01. The van der Waals surface area contributed by atoms with Crippen molar-refractivity contribution in [2.24, 2.45) is 0 Å². The van der Waals surface area contributed by atoms with Gasteiger partial charge in [0.15, 0.2) is 6.61 Å². The lowest BCUT2D eigenvalue weighted by molar-refractivity contribution is -0.155. The van der Waals surface area contributed by atoms with E-state index in [2.05, 4.69) is 4.98 Å². The number of thiazole rings is 1. The number of ether oxygens (including phenoxy) is 2. The highest BCUT2D eigenvalue weighted by molar-refractivity contribution is 7.18. The first-order chi connectivity index (χ1) is 13.1. The van der Waals surface area contributed by atoms with E-state index in [1.165, 1.54) is 16.2 Å². The van der Waals surface area contributed by atoms with Gasteiger partial charge in [-0.2, -0.15) is 0 Å². The largest absolute Gasteiger partial charge is 0.454 e. The number of para-hydroxylation sites is 1. The van der Waals surface area contributed by atoms with Crippen molar-refractivity contribution in [3.8, 4) is 0 Å². The Morgan fingerprint density at radius 3 is 2.56 bits per heavy atom. The Hall–Kier alpha value is -2.77. The molecule has 0 fully saturated rings. The molecule has 0 aliphatic heterocycles. The topological polar surface area (TPSA) is 68.7 Å². The number of carbonyl (C=O) groups is 2. The first-order valence-electron chi connectivity index (χ1n) is 8.47. The van der Waals surface area contributed by atoms with E-state index >= 15 is 0 Å². The number of rotatable bonds is 8. The molecule has 2 aromatic carbocycles. The van der Waals surface area contributed by atoms with Crippen LogP contribution in [-0.4, -0.2) is 42.0 Å². The standard InChI is InChI=1S/C20H20N2O4S/c1-22(11-15-7-3-2-4-8-15)19(23)13-26-20(24)14-25-12-18-21-16-9-5-6-10-17(16)27-18/h2-10H,11-14H2,1H3. The summed E-state index contributed by atoms with van der Waals surface area (Å²) >= 11 is 1.52. The number of benzene rings is 2. The van der Waals surface area contributed by atoms with E-state index in [1.807, 2.05) is 54.6 Å². The van der Waals surface area contributed by atoms with Crippen LogP contribution < -0.4 is 0 Å². The Balaban J connectivity index is 1.37. The first-order valence-corrected chi connectivity index (χ1v) is 9.29. The van der Waals surface area contributed by atoms with Crippen LogP contribution >= 0.6 is 11.3 Å². The average molecular weight is 384 g/mol. The summed E-state index contributed by atoms with van der Waals surface area (Å²) in [6, 6.07) is 17.4. The lowest BCUT2D eigenvalue weighted by Crippen LogP contribution is -2.31. The zero-order valence-electron chi connectivity index (χ0n) is 15.0. The predicted molar refractivity (Wildman–Crippen MR) is 103 cm³/mol. The highest BCUT2D eigenvalue weighted by Gasteiger charge is 2.13. The SMILES string of the molecule is CN(Cc1ccccc1)C(=O)COC(=O)COCc1nc2ccccc2s1. The van der Waals surface area contributed by atoms with E-state index < -0.39 is 5.97 Å². The first kappa shape index (κ1) is 19.0. The van der Waals surface area contributed by atoms with Crippen LogP contribution in [0.3, 0.4) is 0 Å². The quantitative estimate of drug-likeness (QED) is 0.559. The second-order valence-electron chi connectivity index (χ2n) is 5.96. The summed E-state index contributed by atoms with van der Waals surface area (Å²) < 4.78 is 11.4. The van der Waals surface area contributed by atoms with E-state index in [0.29, 0.717) is 6.54 Å². The van der Waals surface area contributed by atoms with Gasteiger partial charge in [0.25, 0.3) is 5.91 Å². The van der Waals surface area contributed by atoms with Gasteiger partial charge in [-0.05, 0) is 17.7 Å². The molecule has 0 aliphatic carbocycles. The monoisotopic (exact) mass is 384 g/mol. The van der Waals surface area contributed by atoms with Crippen molar-refractivity contribution in [1.82, 2.24) is 9.88 Å². The normalized spacial score (nSPS) is 10.7. The fourth-order valence-corrected chi connectivity index (χ4v) is 3.35. The third-order valence-corrected chi connectivity index (χ3v) is 4.84. The third kappa shape index (κ3) is 5.60. The minimum atomic E-state index is -0.572. The van der Waals surface area contributed by atoms with E-state index in [4.69, 9.17) is 9.47 Å². The molecule has 27 heavy (non-hydrogen) atoms. The molecule has 7 heteroatoms. The molecule has 0 saturated carbocycles. The Bertz CT molecular complexity index is 878. The summed E-state index contributed by atoms with van der Waals surface area (Å²) in [7, 11) is 1.67. The van der Waals surface area contributed by atoms with Gasteiger partial charge < -0.3 is 14.4 Å². The molecule has 0 aliphatic rings. The van der Waals surface area contributed by atoms with Gasteiger partial charge in [-0.15, -0.1) is 11.3 Å². The van der Waals surface area contributed by atoms with Crippen molar-refractivity contribution in [3.63, 3.8) is 0 Å². The van der Waals surface area contributed by atoms with Crippen LogP contribution in [0.25, 0.3) is 10.2 Å². The maximum Gasteiger partial charge on any atom is 0.332 e. The molecule has 1 heterocycles. The summed E-state index contributed by atoms with van der Waals surface area (Å²) in [6.45, 7) is 0.180. The second kappa shape index (κ2) is 9.25. The Morgan fingerprint density at radius 1 is 1.04 bits per heavy atom. The molecule has 0 bridgehead atoms. The molecular weight excluding hydrogens is 364 g/mol. The van der Waals surface area contributed by atoms with Crippen molar-refractivity contribution in [3.05, 3.63) is 65.2 Å². The number of nitrogens with zero attached hydrogens (tertiary/aromatic N) is 2. The lowest BCUT2D eigenvalue weighted by atomic mass is 10.2. The summed E-state index contributed by atoms with van der Waals surface area (Å²) in [5.74, 6) is -0.837. The third-order valence-electron chi connectivity index (χ3n) is 3.83. The number of esters is 1. The van der Waals surface area contributed by atoms with Crippen LogP contribution in [-0.2, 0) is 32.2 Å². The van der Waals surface area contributed by atoms with E-state index in [0.717, 1.165) is 20.8 Å². The van der Waals surface area contributed by atoms with Crippen molar-refractivity contribution in [2.45, 2.75) is 13.2 Å². The molecule has 1 amide bonds. The number of fused-ring (bicyclic) bond motifs is 1. The van der Waals surface area contributed by atoms with Gasteiger partial charge in [-0.1, -0.05) is 42.5 Å². The Morgan fingerprint density at radius 2 is 1.78 bits per heavy atom. The second-order valence-corrected chi connectivity index (χ2v) is 7.08. The number of amides is 1. The molecule has 140 valence electrons. The average Bonchev–Trinajstić information content (AvgIpc) is 3.09. The molecule has 3 aromatic rings. The summed E-state index contributed by atoms with van der Waals surface area (Å²) in [4.78, 5) is 29.7. The number of carbonyl (C=O) groups excluding carboxylic acids is 2. The van der Waals surface area contributed by atoms with Crippen LogP contribution in [0.4, 0.5) is 0 Å². The van der Waals surface area contributed by atoms with Gasteiger partial charge in [-0.25, -0.2) is 9.78 Å². The van der Waals surface area contributed by atoms with Crippen LogP contribution in [0, 0.1) is 0 Å². The molecule has 0 saturated heterocycles. The molecular formula is C20H20N2O4S. The fraction of sp³-hybridized carbons (Fsp3) is 0.250. The molecule has 0 atom stereocenters. The zero-order valence-corrected chi connectivity index (χ0v) is 15.8. The molecule has 0 N–H and O–H groups in total. The summed E-state index contributed by atoms with van der Waals surface area (Å²) in [6.07, 6.45) is 0. The molecule has 0 radical (unpaired) electrons. The number of likely N-dealkylation sites (N-methyl/N-ethyl adjacent to an activating group) is 1. The highest BCUT2D eigenvalue weighted by Crippen LogP contribution is 2.21. The van der Waals surface area contributed by atoms with Crippen molar-refractivity contribution < 1.29 is 19.1 Å². The molecule has 0 unspecified atom stereocenters. The summed E-state index contributed by atoms with van der Waals surface area (Å²) in [5.41, 5.74) is 1.93. The summed E-state index contributed by atoms with van der Waals surface area (Å²) in [5, 5.41) is 0.794. The smallest absolute Gasteiger partial charge is 0.332 e. The Labute approximate surface area is 161 Å². The van der Waals surface area contributed by atoms with E-state index in [1.54, 1.807) is 7.05 Å².